The maximum atomic E-state index is 13.9. The number of nitrogens with two attached hydrogens (primary N) is 1. The predicted octanol–water partition coefficient (Wildman–Crippen LogP) is 2.21. The summed E-state index contributed by atoms with van der Waals surface area (Å²) in [6.07, 6.45) is -0.882. The van der Waals surface area contributed by atoms with Crippen molar-refractivity contribution in [3.05, 3.63) is 23.8 Å². The highest BCUT2D eigenvalue weighted by Crippen LogP contribution is 2.34. The molecule has 0 saturated carbocycles. The lowest BCUT2D eigenvalue weighted by molar-refractivity contribution is 0.0810. The van der Waals surface area contributed by atoms with Gasteiger partial charge in [0.05, 0.1) is 11.9 Å². The summed E-state index contributed by atoms with van der Waals surface area (Å²) >= 11 is 0. The molecule has 0 radical (unpaired) electrons. The van der Waals surface area contributed by atoms with E-state index in [0.29, 0.717) is 0 Å². The van der Waals surface area contributed by atoms with Crippen molar-refractivity contribution < 1.29 is 13.2 Å². The van der Waals surface area contributed by atoms with E-state index >= 15 is 0 Å². The van der Waals surface area contributed by atoms with Crippen molar-refractivity contribution in [2.45, 2.75) is 25.7 Å². The van der Waals surface area contributed by atoms with Crippen LogP contribution in [0.2, 0.25) is 0 Å². The van der Waals surface area contributed by atoms with Crippen molar-refractivity contribution in [2.24, 2.45) is 0 Å². The zero-order chi connectivity index (χ0) is 12.8. The summed E-state index contributed by atoms with van der Waals surface area (Å²) in [6.45, 7) is 2.14. The summed E-state index contributed by atoms with van der Waals surface area (Å²) in [5.74, 6) is -0.856. The molecule has 0 saturated heterocycles. The minimum absolute atomic E-state index is 0.0406. The molecular formula is C10H11F3N4. The van der Waals surface area contributed by atoms with Crippen LogP contribution in [0.15, 0.2) is 12.3 Å². The Morgan fingerprint density at radius 1 is 1.47 bits per heavy atom. The molecule has 0 aliphatic carbocycles. The van der Waals surface area contributed by atoms with Crippen LogP contribution in [0, 0.1) is 5.82 Å². The number of rotatable bonds is 2. The Morgan fingerprint density at radius 2 is 2.12 bits per heavy atom. The topological polar surface area (TPSA) is 56.2 Å². The van der Waals surface area contributed by atoms with Gasteiger partial charge in [0, 0.05) is 6.07 Å². The minimum atomic E-state index is -2.14. The van der Waals surface area contributed by atoms with Crippen molar-refractivity contribution >= 4 is 11.5 Å². The fourth-order valence-electron chi connectivity index (χ4n) is 1.52. The molecule has 17 heavy (non-hydrogen) atoms. The Bertz CT molecular complexity index is 558. The van der Waals surface area contributed by atoms with Gasteiger partial charge in [-0.2, -0.15) is 0 Å². The third-order valence-electron chi connectivity index (χ3n) is 2.38. The van der Waals surface area contributed by atoms with Crippen LogP contribution < -0.4 is 5.73 Å². The van der Waals surface area contributed by atoms with Gasteiger partial charge in [-0.1, -0.05) is 0 Å². The second kappa shape index (κ2) is 3.61. The van der Waals surface area contributed by atoms with Gasteiger partial charge in [-0.3, -0.25) is 0 Å². The number of hydrogen-bond acceptors (Lipinski definition) is 3. The first-order valence-electron chi connectivity index (χ1n) is 4.93. The highest BCUT2D eigenvalue weighted by molar-refractivity contribution is 5.49. The number of anilines is 1. The number of nitrogen functional groups attached to an aromatic ring is 1. The van der Waals surface area contributed by atoms with Crippen LogP contribution in [0.25, 0.3) is 5.52 Å². The summed E-state index contributed by atoms with van der Waals surface area (Å²) in [4.78, 5) is 3.59. The number of nitrogens with zero attached hydrogens (tertiary/aromatic N) is 3. The molecule has 0 fully saturated rings. The number of halogens is 3. The van der Waals surface area contributed by atoms with E-state index in [-0.39, 0.29) is 17.2 Å². The molecule has 2 rings (SSSR count). The van der Waals surface area contributed by atoms with Gasteiger partial charge in [-0.05, 0) is 13.8 Å². The maximum Gasteiger partial charge on any atom is 0.238 e. The third-order valence-corrected chi connectivity index (χ3v) is 2.38. The van der Waals surface area contributed by atoms with Gasteiger partial charge in [0.1, 0.15) is 11.2 Å². The van der Waals surface area contributed by atoms with E-state index in [1.165, 1.54) is 0 Å². The minimum Gasteiger partial charge on any atom is -0.367 e. The monoisotopic (exact) mass is 244 g/mol. The molecule has 2 aromatic heterocycles. The molecule has 0 aromatic carbocycles. The van der Waals surface area contributed by atoms with Crippen LogP contribution in [0.4, 0.5) is 19.1 Å². The van der Waals surface area contributed by atoms with Crippen LogP contribution in [0.3, 0.4) is 0 Å². The van der Waals surface area contributed by atoms with Gasteiger partial charge in [-0.15, -0.1) is 5.10 Å². The lowest BCUT2D eigenvalue weighted by Gasteiger charge is -2.18. The highest BCUT2D eigenvalue weighted by Gasteiger charge is 2.34. The molecule has 2 N–H and O–H groups in total. The van der Waals surface area contributed by atoms with Gasteiger partial charge in [-0.25, -0.2) is 22.7 Å². The average Bonchev–Trinajstić information content (AvgIpc) is 2.53. The van der Waals surface area contributed by atoms with E-state index in [1.807, 2.05) is 0 Å². The molecule has 2 aromatic rings. The normalized spacial score (nSPS) is 14.2. The molecule has 0 spiro atoms. The first kappa shape index (κ1) is 11.7. The summed E-state index contributed by atoms with van der Waals surface area (Å²) in [5, 5.41) is 3.67. The second-order valence-corrected chi connectivity index (χ2v) is 4.26. The lowest BCUT2D eigenvalue weighted by Crippen LogP contribution is -2.22. The van der Waals surface area contributed by atoms with Gasteiger partial charge in [0.25, 0.3) is 0 Å². The number of aromatic nitrogens is 3. The quantitative estimate of drug-likeness (QED) is 0.881. The Hall–Kier alpha value is -1.79. The molecule has 7 heteroatoms. The van der Waals surface area contributed by atoms with Crippen molar-refractivity contribution in [1.29, 1.82) is 0 Å². The Balaban J connectivity index is 2.66. The number of alkyl halides is 2. The zero-order valence-corrected chi connectivity index (χ0v) is 9.28. The molecule has 0 amide bonds. The largest absolute Gasteiger partial charge is 0.367 e. The van der Waals surface area contributed by atoms with Gasteiger partial charge in [0.15, 0.2) is 12.0 Å². The molecule has 2 heterocycles. The first-order valence-corrected chi connectivity index (χ1v) is 4.93. The molecule has 0 aliphatic heterocycles. The number of hydrogen-bond donors (Lipinski definition) is 1. The maximum absolute atomic E-state index is 13.9. The molecule has 92 valence electrons. The predicted molar refractivity (Wildman–Crippen MR) is 56.4 cm³/mol. The molecule has 1 unspecified atom stereocenters. The molecular weight excluding hydrogens is 233 g/mol. The van der Waals surface area contributed by atoms with Crippen molar-refractivity contribution in [1.82, 2.24) is 14.6 Å². The zero-order valence-electron chi connectivity index (χ0n) is 9.28. The van der Waals surface area contributed by atoms with E-state index in [4.69, 9.17) is 5.73 Å². The van der Waals surface area contributed by atoms with Crippen molar-refractivity contribution in [3.63, 3.8) is 0 Å². The van der Waals surface area contributed by atoms with Crippen LogP contribution >= 0.6 is 0 Å². The van der Waals surface area contributed by atoms with Crippen LogP contribution in [0.1, 0.15) is 25.7 Å². The van der Waals surface area contributed by atoms with E-state index in [0.717, 1.165) is 30.6 Å². The van der Waals surface area contributed by atoms with Crippen molar-refractivity contribution in [3.8, 4) is 0 Å². The van der Waals surface area contributed by atoms with E-state index in [2.05, 4.69) is 10.1 Å². The molecule has 4 nitrogen and oxygen atoms in total. The van der Waals surface area contributed by atoms with E-state index in [1.54, 1.807) is 0 Å². The standard InChI is InChI=1S/C10H11F3N4/c1-10(2,13)8(12)6-3-5(11)7-4-15-9(14)16-17(6)7/h3-4,8H,1-2H3,(H2,14,16). The van der Waals surface area contributed by atoms with E-state index < -0.39 is 17.7 Å². The highest BCUT2D eigenvalue weighted by atomic mass is 19.2. The Kier molecular flexibility index (Phi) is 2.48. The molecule has 0 aliphatic rings. The molecule has 0 bridgehead atoms. The summed E-state index contributed by atoms with van der Waals surface area (Å²) in [7, 11) is 0. The van der Waals surface area contributed by atoms with Crippen LogP contribution in [-0.4, -0.2) is 20.3 Å². The van der Waals surface area contributed by atoms with Gasteiger partial charge in [0.2, 0.25) is 5.95 Å². The average molecular weight is 244 g/mol. The summed E-state index contributed by atoms with van der Waals surface area (Å²) in [6, 6.07) is 0.898. The third kappa shape index (κ3) is 1.92. The summed E-state index contributed by atoms with van der Waals surface area (Å²) < 4.78 is 41.8. The number of fused-ring (bicyclic) bond motifs is 1. The van der Waals surface area contributed by atoms with Gasteiger partial charge < -0.3 is 5.73 Å². The Labute approximate surface area is 95.3 Å². The Morgan fingerprint density at radius 3 is 2.71 bits per heavy atom. The SMILES string of the molecule is CC(C)(F)C(F)c1cc(F)c2cnc(N)nn12. The first-order chi connectivity index (χ1) is 7.80. The lowest BCUT2D eigenvalue weighted by atomic mass is 10.0. The van der Waals surface area contributed by atoms with Crippen LogP contribution in [0.5, 0.6) is 0 Å². The molecule has 1 atom stereocenters. The fourth-order valence-corrected chi connectivity index (χ4v) is 1.52. The fraction of sp³-hybridized carbons (Fsp3) is 0.400. The smallest absolute Gasteiger partial charge is 0.238 e. The van der Waals surface area contributed by atoms with Gasteiger partial charge >= 0.3 is 0 Å². The van der Waals surface area contributed by atoms with Crippen molar-refractivity contribution in [2.75, 3.05) is 5.73 Å². The van der Waals surface area contributed by atoms with E-state index in [9.17, 15) is 13.2 Å². The van der Waals surface area contributed by atoms with Crippen LogP contribution in [-0.2, 0) is 0 Å². The second-order valence-electron chi connectivity index (χ2n) is 4.26. The summed E-state index contributed by atoms with van der Waals surface area (Å²) in [5.41, 5.74) is 2.93.